The maximum atomic E-state index is 13.3. The minimum absolute atomic E-state index is 0.0826. The maximum absolute atomic E-state index is 13.3. The molecule has 0 aromatic heterocycles. The predicted molar refractivity (Wildman–Crippen MR) is 113 cm³/mol. The molecule has 3 aromatic carbocycles. The molecule has 4 rings (SSSR count). The molecule has 1 aliphatic heterocycles. The third-order valence-electron chi connectivity index (χ3n) is 5.42. The molecule has 0 spiro atoms. The SMILES string of the molecule is O=C(Nc1ccc2c(c1)CCN(C(=O)O)C2)c1cc(C(F)(F)F)ccc1-c1ccccc1. The Labute approximate surface area is 182 Å². The van der Waals surface area contributed by atoms with Crippen LogP contribution in [0.15, 0.2) is 66.7 Å². The van der Waals surface area contributed by atoms with E-state index in [2.05, 4.69) is 5.32 Å². The second kappa shape index (κ2) is 8.37. The summed E-state index contributed by atoms with van der Waals surface area (Å²) in [5, 5.41) is 11.8. The van der Waals surface area contributed by atoms with Crippen molar-refractivity contribution in [3.63, 3.8) is 0 Å². The van der Waals surface area contributed by atoms with E-state index >= 15 is 0 Å². The molecule has 1 heterocycles. The quantitative estimate of drug-likeness (QED) is 0.552. The van der Waals surface area contributed by atoms with Gasteiger partial charge in [-0.2, -0.15) is 13.2 Å². The number of nitrogens with one attached hydrogen (secondary N) is 1. The summed E-state index contributed by atoms with van der Waals surface area (Å²) in [6.45, 7) is 0.593. The van der Waals surface area contributed by atoms with Gasteiger partial charge in [-0.05, 0) is 52.9 Å². The molecule has 0 bridgehead atoms. The lowest BCUT2D eigenvalue weighted by atomic mass is 9.96. The van der Waals surface area contributed by atoms with E-state index in [1.807, 2.05) is 0 Å². The molecule has 2 amide bonds. The molecule has 0 radical (unpaired) electrons. The topological polar surface area (TPSA) is 69.6 Å². The van der Waals surface area contributed by atoms with Gasteiger partial charge in [-0.1, -0.05) is 42.5 Å². The van der Waals surface area contributed by atoms with Gasteiger partial charge in [0.2, 0.25) is 0 Å². The molecule has 0 saturated heterocycles. The van der Waals surface area contributed by atoms with Gasteiger partial charge in [0.05, 0.1) is 5.56 Å². The molecular formula is C24H19F3N2O3. The molecule has 32 heavy (non-hydrogen) atoms. The fourth-order valence-corrected chi connectivity index (χ4v) is 3.77. The van der Waals surface area contributed by atoms with Crippen molar-refractivity contribution in [1.82, 2.24) is 4.90 Å². The summed E-state index contributed by atoms with van der Waals surface area (Å²) in [6, 6.07) is 17.0. The van der Waals surface area contributed by atoms with Crippen molar-refractivity contribution < 1.29 is 27.9 Å². The van der Waals surface area contributed by atoms with E-state index in [0.29, 0.717) is 29.8 Å². The fourth-order valence-electron chi connectivity index (χ4n) is 3.77. The first-order valence-electron chi connectivity index (χ1n) is 9.90. The van der Waals surface area contributed by atoms with Crippen LogP contribution in [-0.2, 0) is 19.1 Å². The van der Waals surface area contributed by atoms with Crippen LogP contribution in [-0.4, -0.2) is 28.6 Å². The summed E-state index contributed by atoms with van der Waals surface area (Å²) >= 11 is 0. The van der Waals surface area contributed by atoms with Crippen molar-refractivity contribution in [2.45, 2.75) is 19.1 Å². The van der Waals surface area contributed by atoms with Crippen LogP contribution in [0.2, 0.25) is 0 Å². The van der Waals surface area contributed by atoms with E-state index in [0.717, 1.165) is 23.3 Å². The molecule has 5 nitrogen and oxygen atoms in total. The number of nitrogens with zero attached hydrogens (tertiary/aromatic N) is 1. The van der Waals surface area contributed by atoms with Crippen LogP contribution in [0.5, 0.6) is 0 Å². The lowest BCUT2D eigenvalue weighted by molar-refractivity contribution is -0.137. The Morgan fingerprint density at radius 2 is 1.69 bits per heavy atom. The van der Waals surface area contributed by atoms with E-state index in [1.165, 1.54) is 11.0 Å². The number of benzene rings is 3. The predicted octanol–water partition coefficient (Wildman–Crippen LogP) is 5.66. The first-order valence-corrected chi connectivity index (χ1v) is 9.90. The number of hydrogen-bond donors (Lipinski definition) is 2. The summed E-state index contributed by atoms with van der Waals surface area (Å²) in [4.78, 5) is 25.5. The summed E-state index contributed by atoms with van der Waals surface area (Å²) in [7, 11) is 0. The number of fused-ring (bicyclic) bond motifs is 1. The first-order chi connectivity index (χ1) is 15.2. The Morgan fingerprint density at radius 3 is 2.38 bits per heavy atom. The van der Waals surface area contributed by atoms with Crippen LogP contribution in [0.25, 0.3) is 11.1 Å². The van der Waals surface area contributed by atoms with Gasteiger partial charge in [0, 0.05) is 24.3 Å². The van der Waals surface area contributed by atoms with Gasteiger partial charge in [-0.15, -0.1) is 0 Å². The van der Waals surface area contributed by atoms with Crippen LogP contribution < -0.4 is 5.32 Å². The fraction of sp³-hybridized carbons (Fsp3) is 0.167. The molecule has 0 aliphatic carbocycles. The number of carbonyl (C=O) groups is 2. The Kier molecular flexibility index (Phi) is 5.61. The van der Waals surface area contributed by atoms with Crippen molar-refractivity contribution in [2.75, 3.05) is 11.9 Å². The number of anilines is 1. The first kappa shape index (κ1) is 21.4. The third kappa shape index (κ3) is 4.44. The highest BCUT2D eigenvalue weighted by Gasteiger charge is 2.32. The summed E-state index contributed by atoms with van der Waals surface area (Å²) in [6.07, 6.45) is -5.08. The number of amides is 2. The average molecular weight is 440 g/mol. The van der Waals surface area contributed by atoms with Crippen LogP contribution in [0.4, 0.5) is 23.7 Å². The van der Waals surface area contributed by atoms with Gasteiger partial charge in [-0.25, -0.2) is 4.79 Å². The lowest BCUT2D eigenvalue weighted by Crippen LogP contribution is -2.34. The molecule has 3 aromatic rings. The molecule has 2 N–H and O–H groups in total. The Balaban J connectivity index is 1.65. The lowest BCUT2D eigenvalue weighted by Gasteiger charge is -2.26. The second-order valence-corrected chi connectivity index (χ2v) is 7.52. The highest BCUT2D eigenvalue weighted by atomic mass is 19.4. The van der Waals surface area contributed by atoms with Crippen molar-refractivity contribution in [3.05, 3.63) is 89.0 Å². The maximum Gasteiger partial charge on any atom is 0.416 e. The summed E-state index contributed by atoms with van der Waals surface area (Å²) < 4.78 is 39.9. The number of hydrogen-bond acceptors (Lipinski definition) is 2. The largest absolute Gasteiger partial charge is 0.465 e. The molecule has 0 unspecified atom stereocenters. The second-order valence-electron chi connectivity index (χ2n) is 7.52. The minimum Gasteiger partial charge on any atom is -0.465 e. The van der Waals surface area contributed by atoms with Gasteiger partial charge in [0.15, 0.2) is 0 Å². The average Bonchev–Trinajstić information content (AvgIpc) is 2.78. The highest BCUT2D eigenvalue weighted by molar-refractivity contribution is 6.09. The van der Waals surface area contributed by atoms with Crippen LogP contribution in [0, 0.1) is 0 Å². The van der Waals surface area contributed by atoms with E-state index in [4.69, 9.17) is 5.11 Å². The smallest absolute Gasteiger partial charge is 0.416 e. The molecule has 164 valence electrons. The molecule has 0 fully saturated rings. The Hall–Kier alpha value is -3.81. The van der Waals surface area contributed by atoms with E-state index in [9.17, 15) is 22.8 Å². The van der Waals surface area contributed by atoms with Gasteiger partial charge < -0.3 is 15.3 Å². The van der Waals surface area contributed by atoms with Gasteiger partial charge in [-0.3, -0.25) is 4.79 Å². The van der Waals surface area contributed by atoms with Crippen LogP contribution >= 0.6 is 0 Å². The van der Waals surface area contributed by atoms with Gasteiger partial charge in [0.25, 0.3) is 5.91 Å². The summed E-state index contributed by atoms with van der Waals surface area (Å²) in [5.41, 5.74) is 2.21. The van der Waals surface area contributed by atoms with E-state index < -0.39 is 23.7 Å². The Morgan fingerprint density at radius 1 is 0.938 bits per heavy atom. The number of rotatable bonds is 3. The van der Waals surface area contributed by atoms with Crippen molar-refractivity contribution in [2.24, 2.45) is 0 Å². The zero-order chi connectivity index (χ0) is 22.9. The van der Waals surface area contributed by atoms with E-state index in [1.54, 1.807) is 48.5 Å². The van der Waals surface area contributed by atoms with Crippen molar-refractivity contribution in [3.8, 4) is 11.1 Å². The minimum atomic E-state index is -4.58. The molecular weight excluding hydrogens is 421 g/mol. The normalized spacial score (nSPS) is 13.4. The van der Waals surface area contributed by atoms with Crippen LogP contribution in [0.3, 0.4) is 0 Å². The highest BCUT2D eigenvalue weighted by Crippen LogP contribution is 2.34. The number of carbonyl (C=O) groups excluding carboxylic acids is 1. The zero-order valence-electron chi connectivity index (χ0n) is 16.8. The number of alkyl halides is 3. The zero-order valence-corrected chi connectivity index (χ0v) is 16.8. The van der Waals surface area contributed by atoms with Gasteiger partial charge in [0.1, 0.15) is 0 Å². The van der Waals surface area contributed by atoms with Crippen molar-refractivity contribution >= 4 is 17.7 Å². The molecule has 0 atom stereocenters. The monoisotopic (exact) mass is 440 g/mol. The third-order valence-corrected chi connectivity index (χ3v) is 5.42. The van der Waals surface area contributed by atoms with Crippen LogP contribution in [0.1, 0.15) is 27.0 Å². The van der Waals surface area contributed by atoms with Gasteiger partial charge >= 0.3 is 12.3 Å². The molecule has 8 heteroatoms. The van der Waals surface area contributed by atoms with Crippen molar-refractivity contribution in [1.29, 1.82) is 0 Å². The molecule has 0 saturated carbocycles. The molecule has 1 aliphatic rings. The van der Waals surface area contributed by atoms with E-state index in [-0.39, 0.29) is 12.1 Å². The standard InChI is InChI=1S/C24H19F3N2O3/c25-24(26,27)18-7-9-20(15-4-2-1-3-5-15)21(13-18)22(30)28-19-8-6-17-14-29(23(31)32)11-10-16(17)12-19/h1-9,12-13H,10-11,14H2,(H,28,30)(H,31,32). The Bertz CT molecular complexity index is 1180. The number of halogens is 3. The number of carboxylic acid groups (broad SMARTS) is 1. The summed E-state index contributed by atoms with van der Waals surface area (Å²) in [5.74, 6) is -0.655.